The van der Waals surface area contributed by atoms with Crippen molar-refractivity contribution in [2.75, 3.05) is 14.2 Å². The third-order valence-electron chi connectivity index (χ3n) is 8.31. The van der Waals surface area contributed by atoms with Crippen LogP contribution < -0.4 is 9.47 Å². The van der Waals surface area contributed by atoms with E-state index in [4.69, 9.17) is 28.9 Å². The molecular formula is C34H26N2O6. The zero-order valence-corrected chi connectivity index (χ0v) is 22.9. The van der Waals surface area contributed by atoms with Gasteiger partial charge in [0.05, 0.1) is 26.1 Å². The first-order chi connectivity index (χ1) is 20.5. The van der Waals surface area contributed by atoms with E-state index in [-0.39, 0.29) is 11.8 Å². The van der Waals surface area contributed by atoms with Crippen LogP contribution in [0.3, 0.4) is 0 Å². The van der Waals surface area contributed by atoms with Gasteiger partial charge in [0.1, 0.15) is 11.5 Å². The molecule has 8 nitrogen and oxygen atoms in total. The monoisotopic (exact) mass is 558 g/mol. The molecule has 0 aromatic heterocycles. The Hall–Kier alpha value is -5.24. The first-order valence-electron chi connectivity index (χ1n) is 13.5. The van der Waals surface area contributed by atoms with E-state index in [2.05, 4.69) is 0 Å². The summed E-state index contributed by atoms with van der Waals surface area (Å²) in [5, 5.41) is 0. The fourth-order valence-electron chi connectivity index (χ4n) is 6.47. The van der Waals surface area contributed by atoms with Gasteiger partial charge in [-0.15, -0.1) is 0 Å². The summed E-state index contributed by atoms with van der Waals surface area (Å²) in [5.41, 5.74) is -0.302. The zero-order chi connectivity index (χ0) is 28.9. The van der Waals surface area contributed by atoms with Crippen LogP contribution in [0.1, 0.15) is 34.1 Å². The van der Waals surface area contributed by atoms with Crippen LogP contribution in [0.4, 0.5) is 0 Å². The summed E-state index contributed by atoms with van der Waals surface area (Å²) in [4.78, 5) is 38.4. The molecule has 0 bridgehead atoms. The summed E-state index contributed by atoms with van der Waals surface area (Å²) in [6.45, 7) is 0. The quantitative estimate of drug-likeness (QED) is 0.307. The predicted molar refractivity (Wildman–Crippen MR) is 155 cm³/mol. The summed E-state index contributed by atoms with van der Waals surface area (Å²) >= 11 is 0. The number of carbonyl (C=O) groups is 2. The molecule has 1 fully saturated rings. The van der Waals surface area contributed by atoms with Crippen LogP contribution in [0.25, 0.3) is 0 Å². The lowest BCUT2D eigenvalue weighted by Gasteiger charge is -2.58. The largest absolute Gasteiger partial charge is 0.497 e. The van der Waals surface area contributed by atoms with Crippen molar-refractivity contribution in [3.8, 4) is 11.5 Å². The lowest BCUT2D eigenvalue weighted by Crippen LogP contribution is -2.73. The number of nitrogens with zero attached hydrogens (tertiary/aromatic N) is 2. The average Bonchev–Trinajstić information content (AvgIpc) is 3.58. The molecule has 8 heteroatoms. The van der Waals surface area contributed by atoms with Crippen molar-refractivity contribution in [2.24, 2.45) is 9.98 Å². The van der Waals surface area contributed by atoms with Crippen molar-refractivity contribution in [3.05, 3.63) is 131 Å². The minimum atomic E-state index is -1.50. The fraction of sp³-hybridized carbons (Fsp3) is 0.176. The molecule has 0 radical (unpaired) electrons. The van der Waals surface area contributed by atoms with Gasteiger partial charge in [0.2, 0.25) is 11.8 Å². The lowest BCUT2D eigenvalue weighted by atomic mass is 9.44. The second-order valence-corrected chi connectivity index (χ2v) is 10.4. The SMILES string of the molecule is COc1ccc(C2C3(N=C(c4ccccc4)OC3=O)C(c3ccc(OC)cc3)C23N=C(c2ccccc2)OC3=O)cc1. The Labute approximate surface area is 242 Å². The Balaban J connectivity index is 1.49. The minimum Gasteiger partial charge on any atom is -0.497 e. The van der Waals surface area contributed by atoms with E-state index in [1.807, 2.05) is 84.9 Å². The van der Waals surface area contributed by atoms with Gasteiger partial charge in [0, 0.05) is 11.1 Å². The van der Waals surface area contributed by atoms with E-state index in [1.54, 1.807) is 38.5 Å². The Morgan fingerprint density at radius 1 is 0.548 bits per heavy atom. The van der Waals surface area contributed by atoms with Crippen LogP contribution >= 0.6 is 0 Å². The zero-order valence-electron chi connectivity index (χ0n) is 22.9. The molecule has 0 saturated heterocycles. The van der Waals surface area contributed by atoms with Crippen LogP contribution in [-0.4, -0.2) is 49.0 Å². The van der Waals surface area contributed by atoms with Crippen LogP contribution in [0.5, 0.6) is 11.5 Å². The number of cyclic esters (lactones) is 2. The van der Waals surface area contributed by atoms with Gasteiger partial charge >= 0.3 is 11.9 Å². The number of aliphatic imine (C=N–C) groups is 2. The van der Waals surface area contributed by atoms with Crippen molar-refractivity contribution in [1.29, 1.82) is 0 Å². The molecule has 4 aromatic rings. The van der Waals surface area contributed by atoms with Crippen molar-refractivity contribution in [3.63, 3.8) is 0 Å². The summed E-state index contributed by atoms with van der Waals surface area (Å²) in [6, 6.07) is 33.0. The molecule has 7 rings (SSSR count). The van der Waals surface area contributed by atoms with E-state index >= 15 is 0 Å². The van der Waals surface area contributed by atoms with Gasteiger partial charge in [-0.25, -0.2) is 19.6 Å². The topological polar surface area (TPSA) is 95.8 Å². The Morgan fingerprint density at radius 2 is 0.905 bits per heavy atom. The molecule has 1 aliphatic carbocycles. The average molecular weight is 559 g/mol. The first-order valence-corrected chi connectivity index (χ1v) is 13.5. The number of rotatable bonds is 6. The number of methoxy groups -OCH3 is 2. The van der Waals surface area contributed by atoms with Crippen molar-refractivity contribution < 1.29 is 28.5 Å². The number of hydrogen-bond acceptors (Lipinski definition) is 8. The van der Waals surface area contributed by atoms with E-state index in [0.29, 0.717) is 33.8 Å². The van der Waals surface area contributed by atoms with Crippen molar-refractivity contribution in [1.82, 2.24) is 0 Å². The highest BCUT2D eigenvalue weighted by molar-refractivity contribution is 6.15. The summed E-state index contributed by atoms with van der Waals surface area (Å²) in [5.74, 6) is -1.08. The number of benzene rings is 4. The van der Waals surface area contributed by atoms with Gasteiger partial charge in [-0.3, -0.25) is 0 Å². The summed E-state index contributed by atoms with van der Waals surface area (Å²) < 4.78 is 22.6. The minimum absolute atomic E-state index is 0.200. The maximum absolute atomic E-state index is 14.2. The summed E-state index contributed by atoms with van der Waals surface area (Å²) in [6.07, 6.45) is 0. The third-order valence-corrected chi connectivity index (χ3v) is 8.31. The highest BCUT2D eigenvalue weighted by Crippen LogP contribution is 2.69. The standard InChI is InChI=1S/C34H26N2O6/c1-39-25-17-13-21(14-18-25)27-33(31(37)41-29(35-33)23-9-5-3-6-10-23)28(22-15-19-26(40-2)20-16-22)34(27)32(38)42-30(36-34)24-11-7-4-8-12-24/h3-20,27-28H,1-2H3. The Morgan fingerprint density at radius 3 is 1.24 bits per heavy atom. The molecule has 208 valence electrons. The number of esters is 2. The number of hydrogen-bond donors (Lipinski definition) is 0. The smallest absolute Gasteiger partial charge is 0.342 e. The van der Waals surface area contributed by atoms with Gasteiger partial charge in [-0.1, -0.05) is 60.7 Å². The second kappa shape index (κ2) is 9.69. The maximum atomic E-state index is 14.2. The molecule has 2 aliphatic heterocycles. The molecule has 1 saturated carbocycles. The molecule has 42 heavy (non-hydrogen) atoms. The maximum Gasteiger partial charge on any atom is 0.342 e. The fourth-order valence-corrected chi connectivity index (χ4v) is 6.47. The lowest BCUT2D eigenvalue weighted by molar-refractivity contribution is -0.158. The highest BCUT2D eigenvalue weighted by atomic mass is 16.6. The molecule has 0 unspecified atom stereocenters. The molecule has 0 amide bonds. The van der Waals surface area contributed by atoms with Gasteiger partial charge < -0.3 is 18.9 Å². The van der Waals surface area contributed by atoms with Crippen molar-refractivity contribution >= 4 is 23.7 Å². The molecular weight excluding hydrogens is 532 g/mol. The van der Waals surface area contributed by atoms with Gasteiger partial charge in [-0.2, -0.15) is 0 Å². The van der Waals surface area contributed by atoms with E-state index < -0.39 is 34.9 Å². The molecule has 2 spiro atoms. The summed E-state index contributed by atoms with van der Waals surface area (Å²) in [7, 11) is 3.16. The molecule has 0 atom stereocenters. The predicted octanol–water partition coefficient (Wildman–Crippen LogP) is 5.07. The Bertz CT molecular complexity index is 1590. The van der Waals surface area contributed by atoms with Crippen LogP contribution in [0, 0.1) is 0 Å². The van der Waals surface area contributed by atoms with E-state index in [1.165, 1.54) is 0 Å². The second-order valence-electron chi connectivity index (χ2n) is 10.4. The van der Waals surface area contributed by atoms with Gasteiger partial charge in [0.15, 0.2) is 11.1 Å². The van der Waals surface area contributed by atoms with Gasteiger partial charge in [-0.05, 0) is 59.7 Å². The third kappa shape index (κ3) is 3.61. The molecule has 4 aromatic carbocycles. The normalized spacial score (nSPS) is 25.9. The Kier molecular flexibility index (Phi) is 5.93. The van der Waals surface area contributed by atoms with Crippen LogP contribution in [0.15, 0.2) is 119 Å². The number of ether oxygens (including phenoxy) is 4. The van der Waals surface area contributed by atoms with Crippen LogP contribution in [0.2, 0.25) is 0 Å². The number of carbonyl (C=O) groups excluding carboxylic acids is 2. The van der Waals surface area contributed by atoms with Crippen molar-refractivity contribution in [2.45, 2.75) is 22.9 Å². The van der Waals surface area contributed by atoms with Gasteiger partial charge in [0.25, 0.3) is 0 Å². The molecule has 2 heterocycles. The highest BCUT2D eigenvalue weighted by Gasteiger charge is 2.83. The van der Waals surface area contributed by atoms with E-state index in [0.717, 1.165) is 0 Å². The van der Waals surface area contributed by atoms with Crippen LogP contribution in [-0.2, 0) is 19.1 Å². The molecule has 3 aliphatic rings. The first kappa shape index (κ1) is 25.7. The van der Waals surface area contributed by atoms with E-state index in [9.17, 15) is 9.59 Å². The molecule has 0 N–H and O–H groups in total.